The van der Waals surface area contributed by atoms with Crippen molar-refractivity contribution in [3.63, 3.8) is 0 Å². The van der Waals surface area contributed by atoms with Crippen molar-refractivity contribution in [1.82, 2.24) is 4.90 Å². The summed E-state index contributed by atoms with van der Waals surface area (Å²) in [7, 11) is 1.80. The van der Waals surface area contributed by atoms with Crippen LogP contribution in [0.3, 0.4) is 0 Å². The van der Waals surface area contributed by atoms with E-state index in [4.69, 9.17) is 5.73 Å². The van der Waals surface area contributed by atoms with Gasteiger partial charge in [0.25, 0.3) is 0 Å². The maximum absolute atomic E-state index is 12.8. The van der Waals surface area contributed by atoms with Crippen LogP contribution in [-0.2, 0) is 11.3 Å². The first-order valence-electron chi connectivity index (χ1n) is 7.71. The fourth-order valence-electron chi connectivity index (χ4n) is 3.20. The number of phenolic OH excluding ortho intramolecular Hbond substituents is 1. The van der Waals surface area contributed by atoms with Gasteiger partial charge in [-0.05, 0) is 37.7 Å². The van der Waals surface area contributed by atoms with Gasteiger partial charge in [-0.15, -0.1) is 0 Å². The molecule has 116 valence electrons. The number of aromatic hydroxyl groups is 1. The highest BCUT2D eigenvalue weighted by Gasteiger charge is 2.41. The molecule has 0 spiro atoms. The van der Waals surface area contributed by atoms with Crippen LogP contribution in [0.2, 0.25) is 0 Å². The van der Waals surface area contributed by atoms with E-state index in [1.165, 1.54) is 0 Å². The van der Waals surface area contributed by atoms with Gasteiger partial charge in [-0.3, -0.25) is 4.79 Å². The van der Waals surface area contributed by atoms with Crippen LogP contribution in [0.25, 0.3) is 0 Å². The topological polar surface area (TPSA) is 66.6 Å². The monoisotopic (exact) mass is 290 g/mol. The summed E-state index contributed by atoms with van der Waals surface area (Å²) >= 11 is 0. The third-order valence-electron chi connectivity index (χ3n) is 4.82. The lowest BCUT2D eigenvalue weighted by Gasteiger charge is -2.39. The summed E-state index contributed by atoms with van der Waals surface area (Å²) < 4.78 is 0. The molecule has 4 nitrogen and oxygen atoms in total. The van der Waals surface area contributed by atoms with Crippen LogP contribution >= 0.6 is 0 Å². The van der Waals surface area contributed by atoms with Gasteiger partial charge in [-0.25, -0.2) is 0 Å². The van der Waals surface area contributed by atoms with Crippen molar-refractivity contribution in [3.05, 3.63) is 29.8 Å². The Bertz CT molecular complexity index is 493. The summed E-state index contributed by atoms with van der Waals surface area (Å²) in [4.78, 5) is 14.5. The summed E-state index contributed by atoms with van der Waals surface area (Å²) in [6.07, 6.45) is 3.87. The van der Waals surface area contributed by atoms with E-state index < -0.39 is 5.41 Å². The molecule has 2 rings (SSSR count). The number of carbonyl (C=O) groups excluding carboxylic acids is 1. The number of nitrogens with zero attached hydrogens (tertiary/aromatic N) is 1. The Morgan fingerprint density at radius 2 is 2.00 bits per heavy atom. The molecule has 0 radical (unpaired) electrons. The van der Waals surface area contributed by atoms with Crippen molar-refractivity contribution in [2.24, 2.45) is 17.1 Å². The zero-order chi connectivity index (χ0) is 15.5. The SMILES string of the molecule is CC1CCC(CN)(C(=O)N(C)Cc2ccccc2O)CC1. The molecule has 1 aliphatic rings. The average Bonchev–Trinajstić information content (AvgIpc) is 2.50. The Balaban J connectivity index is 2.09. The number of rotatable bonds is 4. The smallest absolute Gasteiger partial charge is 0.230 e. The number of amides is 1. The minimum Gasteiger partial charge on any atom is -0.508 e. The van der Waals surface area contributed by atoms with Crippen LogP contribution < -0.4 is 5.73 Å². The predicted molar refractivity (Wildman–Crippen MR) is 83.7 cm³/mol. The number of carbonyl (C=O) groups is 1. The van der Waals surface area contributed by atoms with E-state index >= 15 is 0 Å². The van der Waals surface area contributed by atoms with Crippen molar-refractivity contribution in [3.8, 4) is 5.75 Å². The molecule has 0 aromatic heterocycles. The van der Waals surface area contributed by atoms with E-state index in [0.29, 0.717) is 19.0 Å². The third-order valence-corrected chi connectivity index (χ3v) is 4.82. The number of hydrogen-bond acceptors (Lipinski definition) is 3. The Hall–Kier alpha value is -1.55. The normalized spacial score (nSPS) is 25.6. The van der Waals surface area contributed by atoms with Crippen LogP contribution in [0.1, 0.15) is 38.2 Å². The lowest BCUT2D eigenvalue weighted by molar-refractivity contribution is -0.143. The molecule has 0 bridgehead atoms. The fourth-order valence-corrected chi connectivity index (χ4v) is 3.20. The number of para-hydroxylation sites is 1. The molecule has 1 aromatic carbocycles. The summed E-state index contributed by atoms with van der Waals surface area (Å²) in [5, 5.41) is 9.84. The van der Waals surface area contributed by atoms with Gasteiger partial charge in [0.2, 0.25) is 5.91 Å². The van der Waals surface area contributed by atoms with Gasteiger partial charge < -0.3 is 15.7 Å². The highest BCUT2D eigenvalue weighted by molar-refractivity contribution is 5.83. The summed E-state index contributed by atoms with van der Waals surface area (Å²) in [6.45, 7) is 3.06. The van der Waals surface area contributed by atoms with Gasteiger partial charge >= 0.3 is 0 Å². The van der Waals surface area contributed by atoms with Gasteiger partial charge in [0, 0.05) is 25.7 Å². The minimum absolute atomic E-state index is 0.111. The van der Waals surface area contributed by atoms with Crippen LogP contribution in [0.15, 0.2) is 24.3 Å². The van der Waals surface area contributed by atoms with Crippen LogP contribution in [0, 0.1) is 11.3 Å². The molecule has 0 atom stereocenters. The highest BCUT2D eigenvalue weighted by Crippen LogP contribution is 2.39. The molecule has 1 aliphatic carbocycles. The molecule has 0 aliphatic heterocycles. The van der Waals surface area contributed by atoms with Gasteiger partial charge in [0.1, 0.15) is 5.75 Å². The van der Waals surface area contributed by atoms with E-state index in [0.717, 1.165) is 31.2 Å². The molecule has 4 heteroatoms. The van der Waals surface area contributed by atoms with E-state index in [9.17, 15) is 9.90 Å². The number of phenols is 1. The van der Waals surface area contributed by atoms with E-state index in [1.54, 1.807) is 24.1 Å². The van der Waals surface area contributed by atoms with Crippen molar-refractivity contribution >= 4 is 5.91 Å². The van der Waals surface area contributed by atoms with Crippen LogP contribution in [0.4, 0.5) is 0 Å². The summed E-state index contributed by atoms with van der Waals surface area (Å²) in [6, 6.07) is 7.14. The van der Waals surface area contributed by atoms with Gasteiger partial charge in [0.05, 0.1) is 5.41 Å². The lowest BCUT2D eigenvalue weighted by Crippen LogP contribution is -2.48. The summed E-state index contributed by atoms with van der Waals surface area (Å²) in [5.41, 5.74) is 6.31. The van der Waals surface area contributed by atoms with E-state index in [2.05, 4.69) is 6.92 Å². The molecule has 0 saturated heterocycles. The molecule has 1 aromatic rings. The highest BCUT2D eigenvalue weighted by atomic mass is 16.3. The van der Waals surface area contributed by atoms with E-state index in [-0.39, 0.29) is 11.7 Å². The number of nitrogens with two attached hydrogens (primary N) is 1. The molecule has 1 saturated carbocycles. The lowest BCUT2D eigenvalue weighted by atomic mass is 9.70. The maximum Gasteiger partial charge on any atom is 0.230 e. The second-order valence-corrected chi connectivity index (χ2v) is 6.46. The van der Waals surface area contributed by atoms with Crippen molar-refractivity contribution < 1.29 is 9.90 Å². The molecular weight excluding hydrogens is 264 g/mol. The fraction of sp³-hybridized carbons (Fsp3) is 0.588. The molecule has 1 fully saturated rings. The standard InChI is InChI=1S/C17H26N2O2/c1-13-7-9-17(12-18,10-8-13)16(21)19(2)11-14-5-3-4-6-15(14)20/h3-6,13,20H,7-12,18H2,1-2H3. The largest absolute Gasteiger partial charge is 0.508 e. The Kier molecular flexibility index (Phi) is 4.88. The number of benzene rings is 1. The Morgan fingerprint density at radius 3 is 2.57 bits per heavy atom. The number of hydrogen-bond donors (Lipinski definition) is 2. The van der Waals surface area contributed by atoms with Crippen molar-refractivity contribution in [2.45, 2.75) is 39.2 Å². The second kappa shape index (κ2) is 6.48. The van der Waals surface area contributed by atoms with Crippen LogP contribution in [-0.4, -0.2) is 29.5 Å². The molecule has 0 heterocycles. The molecule has 3 N–H and O–H groups in total. The Morgan fingerprint density at radius 1 is 1.38 bits per heavy atom. The minimum atomic E-state index is -0.411. The van der Waals surface area contributed by atoms with Crippen molar-refractivity contribution in [2.75, 3.05) is 13.6 Å². The molecular formula is C17H26N2O2. The van der Waals surface area contributed by atoms with Gasteiger partial charge in [-0.1, -0.05) is 25.1 Å². The molecule has 1 amide bonds. The molecule has 21 heavy (non-hydrogen) atoms. The van der Waals surface area contributed by atoms with E-state index in [1.807, 2.05) is 12.1 Å². The first-order valence-corrected chi connectivity index (χ1v) is 7.71. The third kappa shape index (κ3) is 3.38. The first kappa shape index (κ1) is 15.8. The van der Waals surface area contributed by atoms with Gasteiger partial charge in [-0.2, -0.15) is 0 Å². The average molecular weight is 290 g/mol. The Labute approximate surface area is 126 Å². The first-order chi connectivity index (χ1) is 9.98. The van der Waals surface area contributed by atoms with Crippen molar-refractivity contribution in [1.29, 1.82) is 0 Å². The molecule has 0 unspecified atom stereocenters. The van der Waals surface area contributed by atoms with Gasteiger partial charge in [0.15, 0.2) is 0 Å². The quantitative estimate of drug-likeness (QED) is 0.895. The zero-order valence-electron chi connectivity index (χ0n) is 13.0. The summed E-state index contributed by atoms with van der Waals surface area (Å²) in [5.74, 6) is 1.03. The maximum atomic E-state index is 12.8. The second-order valence-electron chi connectivity index (χ2n) is 6.46. The van der Waals surface area contributed by atoms with Crippen LogP contribution in [0.5, 0.6) is 5.75 Å². The zero-order valence-corrected chi connectivity index (χ0v) is 13.0. The predicted octanol–water partition coefficient (Wildman–Crippen LogP) is 2.51.